The van der Waals surface area contributed by atoms with Gasteiger partial charge in [-0.1, -0.05) is 6.07 Å². The lowest BCUT2D eigenvalue weighted by Gasteiger charge is -2.35. The second kappa shape index (κ2) is 7.65. The Balaban J connectivity index is 1.58. The number of hydrogen-bond donors (Lipinski definition) is 2. The molecule has 2 fully saturated rings. The van der Waals surface area contributed by atoms with Crippen LogP contribution in [0.4, 0.5) is 5.82 Å². The number of carbonyl (C=O) groups is 1. The molecule has 2 unspecified atom stereocenters. The number of hydrazine groups is 1. The molecule has 2 aliphatic rings. The zero-order valence-electron chi connectivity index (χ0n) is 14.1. The number of ether oxygens (including phenoxy) is 1. The molecule has 2 N–H and O–H groups in total. The molecule has 25 heavy (non-hydrogen) atoms. The monoisotopic (exact) mass is 369 g/mol. The molecular formula is C15H23N5O4S. The van der Waals surface area contributed by atoms with Crippen LogP contribution < -0.4 is 15.8 Å². The van der Waals surface area contributed by atoms with Crippen molar-refractivity contribution < 1.29 is 17.9 Å². The minimum Gasteiger partial charge on any atom is -0.465 e. The number of aromatic nitrogens is 1. The summed E-state index contributed by atoms with van der Waals surface area (Å²) in [5.74, 6) is 0.412. The van der Waals surface area contributed by atoms with Crippen LogP contribution >= 0.6 is 0 Å². The first kappa shape index (κ1) is 18.1. The summed E-state index contributed by atoms with van der Waals surface area (Å²) in [6, 6.07) is 5.03. The van der Waals surface area contributed by atoms with Gasteiger partial charge in [-0.3, -0.25) is 4.79 Å². The number of esters is 1. The average Bonchev–Trinajstić information content (AvgIpc) is 3.14. The van der Waals surface area contributed by atoms with Gasteiger partial charge >= 0.3 is 5.97 Å². The predicted octanol–water partition coefficient (Wildman–Crippen LogP) is -0.711. The van der Waals surface area contributed by atoms with Gasteiger partial charge in [0, 0.05) is 38.8 Å². The third-order valence-corrected chi connectivity index (χ3v) is 6.49. The highest BCUT2D eigenvalue weighted by Gasteiger charge is 2.41. The first-order chi connectivity index (χ1) is 12.0. The van der Waals surface area contributed by atoms with E-state index in [0.717, 1.165) is 5.82 Å². The van der Waals surface area contributed by atoms with Gasteiger partial charge < -0.3 is 9.64 Å². The molecule has 9 nitrogen and oxygen atoms in total. The van der Waals surface area contributed by atoms with E-state index in [2.05, 4.69) is 20.7 Å². The van der Waals surface area contributed by atoms with Crippen LogP contribution in [0.3, 0.4) is 0 Å². The Bertz CT molecular complexity index is 691. The topological polar surface area (TPSA) is 104 Å². The maximum atomic E-state index is 12.8. The zero-order chi connectivity index (χ0) is 17.9. The molecule has 0 aromatic carbocycles. The van der Waals surface area contributed by atoms with Crippen LogP contribution in [0.15, 0.2) is 24.4 Å². The van der Waals surface area contributed by atoms with Gasteiger partial charge in [-0.05, 0) is 19.1 Å². The molecule has 1 aromatic rings. The highest BCUT2D eigenvalue weighted by molar-refractivity contribution is 7.89. The van der Waals surface area contributed by atoms with Crippen molar-refractivity contribution in [1.82, 2.24) is 20.1 Å². The summed E-state index contributed by atoms with van der Waals surface area (Å²) in [6.45, 7) is 3.93. The van der Waals surface area contributed by atoms with Gasteiger partial charge in [0.2, 0.25) is 10.0 Å². The van der Waals surface area contributed by atoms with Gasteiger partial charge in [-0.25, -0.2) is 24.3 Å². The Labute approximate surface area is 147 Å². The van der Waals surface area contributed by atoms with Crippen molar-refractivity contribution in [3.05, 3.63) is 24.4 Å². The number of piperazine rings is 1. The lowest BCUT2D eigenvalue weighted by molar-refractivity contribution is -0.145. The molecule has 138 valence electrons. The second-order valence-electron chi connectivity index (χ2n) is 5.94. The van der Waals surface area contributed by atoms with Gasteiger partial charge in [0.1, 0.15) is 17.2 Å². The Morgan fingerprint density at radius 1 is 1.28 bits per heavy atom. The van der Waals surface area contributed by atoms with E-state index in [-0.39, 0.29) is 13.0 Å². The summed E-state index contributed by atoms with van der Waals surface area (Å²) >= 11 is 0. The maximum absolute atomic E-state index is 12.8. The quantitative estimate of drug-likeness (QED) is 0.656. The number of pyridine rings is 1. The molecule has 0 amide bonds. The molecule has 0 bridgehead atoms. The Kier molecular flexibility index (Phi) is 5.52. The largest absolute Gasteiger partial charge is 0.465 e. The number of sulfonamides is 1. The molecule has 2 saturated heterocycles. The maximum Gasteiger partial charge on any atom is 0.324 e. The van der Waals surface area contributed by atoms with E-state index < -0.39 is 27.4 Å². The van der Waals surface area contributed by atoms with Crippen molar-refractivity contribution >= 4 is 21.8 Å². The Morgan fingerprint density at radius 2 is 2.04 bits per heavy atom. The van der Waals surface area contributed by atoms with Gasteiger partial charge in [0.15, 0.2) is 0 Å². The Morgan fingerprint density at radius 3 is 2.68 bits per heavy atom. The van der Waals surface area contributed by atoms with Crippen molar-refractivity contribution in [2.45, 2.75) is 24.8 Å². The molecule has 2 aliphatic heterocycles. The van der Waals surface area contributed by atoms with E-state index in [1.165, 1.54) is 4.31 Å². The first-order valence-corrected chi connectivity index (χ1v) is 9.85. The molecule has 10 heteroatoms. The summed E-state index contributed by atoms with van der Waals surface area (Å²) in [6.07, 6.45) is 1.88. The third kappa shape index (κ3) is 3.92. The predicted molar refractivity (Wildman–Crippen MR) is 92.0 cm³/mol. The molecule has 0 aliphatic carbocycles. The Hall–Kier alpha value is -1.75. The highest BCUT2D eigenvalue weighted by Crippen LogP contribution is 2.20. The summed E-state index contributed by atoms with van der Waals surface area (Å²) < 4.78 is 32.0. The van der Waals surface area contributed by atoms with Crippen LogP contribution in [0.5, 0.6) is 0 Å². The van der Waals surface area contributed by atoms with E-state index in [0.29, 0.717) is 26.2 Å². The SMILES string of the molecule is CCOC(=O)C1CC(S(=O)(=O)N2CCN(c3ccccn3)CC2)NN1. The first-order valence-electron chi connectivity index (χ1n) is 8.35. The molecule has 3 heterocycles. The van der Waals surface area contributed by atoms with E-state index in [9.17, 15) is 13.2 Å². The molecule has 0 spiro atoms. The van der Waals surface area contributed by atoms with Gasteiger partial charge in [-0.2, -0.15) is 4.31 Å². The summed E-state index contributed by atoms with van der Waals surface area (Å²) in [5, 5.41) is -0.830. The normalized spacial score (nSPS) is 25.1. The van der Waals surface area contributed by atoms with Gasteiger partial charge in [0.05, 0.1) is 6.61 Å². The van der Waals surface area contributed by atoms with Crippen molar-refractivity contribution in [1.29, 1.82) is 0 Å². The molecule has 3 rings (SSSR count). The van der Waals surface area contributed by atoms with E-state index >= 15 is 0 Å². The number of carbonyl (C=O) groups excluding carboxylic acids is 1. The van der Waals surface area contributed by atoms with Crippen molar-refractivity contribution in [2.75, 3.05) is 37.7 Å². The third-order valence-electron chi connectivity index (χ3n) is 4.37. The van der Waals surface area contributed by atoms with Crippen LogP contribution in [0.1, 0.15) is 13.3 Å². The van der Waals surface area contributed by atoms with Crippen LogP contribution in [-0.4, -0.2) is 67.9 Å². The van der Waals surface area contributed by atoms with Crippen LogP contribution in [0, 0.1) is 0 Å². The fourth-order valence-electron chi connectivity index (χ4n) is 3.01. The molecule has 0 saturated carbocycles. The zero-order valence-corrected chi connectivity index (χ0v) is 14.9. The summed E-state index contributed by atoms with van der Waals surface area (Å²) in [5.41, 5.74) is 5.44. The van der Waals surface area contributed by atoms with Crippen molar-refractivity contribution in [3.8, 4) is 0 Å². The minimum atomic E-state index is -3.54. The second-order valence-corrected chi connectivity index (χ2v) is 8.05. The van der Waals surface area contributed by atoms with Crippen molar-refractivity contribution in [3.63, 3.8) is 0 Å². The summed E-state index contributed by atoms with van der Waals surface area (Å²) in [4.78, 5) is 18.1. The molecule has 1 aromatic heterocycles. The number of nitrogens with zero attached hydrogens (tertiary/aromatic N) is 3. The van der Waals surface area contributed by atoms with Crippen LogP contribution in [0.2, 0.25) is 0 Å². The number of anilines is 1. The van der Waals surface area contributed by atoms with E-state index in [1.54, 1.807) is 13.1 Å². The molecule has 0 radical (unpaired) electrons. The van der Waals surface area contributed by atoms with E-state index in [4.69, 9.17) is 4.74 Å². The summed E-state index contributed by atoms with van der Waals surface area (Å²) in [7, 11) is -3.54. The number of rotatable bonds is 5. The number of nitrogens with one attached hydrogen (secondary N) is 2. The average molecular weight is 369 g/mol. The fourth-order valence-corrected chi connectivity index (χ4v) is 4.70. The highest BCUT2D eigenvalue weighted by atomic mass is 32.2. The minimum absolute atomic E-state index is 0.154. The van der Waals surface area contributed by atoms with Gasteiger partial charge in [0.25, 0.3) is 0 Å². The van der Waals surface area contributed by atoms with Crippen molar-refractivity contribution in [2.24, 2.45) is 0 Å². The smallest absolute Gasteiger partial charge is 0.324 e. The molecule has 2 atom stereocenters. The lowest BCUT2D eigenvalue weighted by Crippen LogP contribution is -2.53. The van der Waals surface area contributed by atoms with Gasteiger partial charge in [-0.15, -0.1) is 0 Å². The van der Waals surface area contributed by atoms with E-state index in [1.807, 2.05) is 18.2 Å². The standard InChI is InChI=1S/C15H23N5O4S/c1-2-24-15(21)12-11-14(18-17-12)25(22,23)20-9-7-19(8-10-20)13-5-3-4-6-16-13/h3-6,12,14,17-18H,2,7-11H2,1H3. The molecular weight excluding hydrogens is 346 g/mol. The van der Waals surface area contributed by atoms with Crippen LogP contribution in [0.25, 0.3) is 0 Å². The van der Waals surface area contributed by atoms with Crippen LogP contribution in [-0.2, 0) is 19.6 Å². The number of hydrogen-bond acceptors (Lipinski definition) is 8. The lowest BCUT2D eigenvalue weighted by atomic mass is 10.2. The fraction of sp³-hybridized carbons (Fsp3) is 0.600.